The molecule has 1 N–H and O–H groups in total. The van der Waals surface area contributed by atoms with Crippen molar-refractivity contribution in [3.05, 3.63) is 28.2 Å². The molecule has 1 rings (SSSR count). The third-order valence-corrected chi connectivity index (χ3v) is 4.31. The van der Waals surface area contributed by atoms with Crippen LogP contribution >= 0.6 is 35.4 Å². The topological polar surface area (TPSA) is 27.7 Å². The molecule has 0 aromatic heterocycles. The highest BCUT2D eigenvalue weighted by Crippen LogP contribution is 2.24. The van der Waals surface area contributed by atoms with Crippen molar-refractivity contribution in [2.75, 3.05) is 40.3 Å². The van der Waals surface area contributed by atoms with Crippen LogP contribution in [-0.2, 0) is 0 Å². The van der Waals surface area contributed by atoms with Crippen molar-refractivity contribution in [2.45, 2.75) is 19.9 Å². The third kappa shape index (κ3) is 7.12. The maximum atomic E-state index is 5.97. The van der Waals surface area contributed by atoms with E-state index < -0.39 is 0 Å². The molecule has 0 saturated heterocycles. The van der Waals surface area contributed by atoms with Crippen LogP contribution in [0.1, 0.15) is 13.8 Å². The van der Waals surface area contributed by atoms with E-state index in [0.717, 1.165) is 18.2 Å². The lowest BCUT2D eigenvalue weighted by atomic mass is 10.3. The summed E-state index contributed by atoms with van der Waals surface area (Å²) < 4.78 is 5.76. The fourth-order valence-electron chi connectivity index (χ4n) is 2.04. The molecule has 1 aromatic carbocycles. The van der Waals surface area contributed by atoms with Crippen molar-refractivity contribution in [2.24, 2.45) is 0 Å². The number of thiocarbonyl (C=S) groups is 1. The fraction of sp³-hybridized carbons (Fsp3) is 0.562. The number of hydrogen-bond acceptors (Lipinski definition) is 3. The Morgan fingerprint density at radius 1 is 1.22 bits per heavy atom. The van der Waals surface area contributed by atoms with Gasteiger partial charge in [0.1, 0.15) is 12.4 Å². The van der Waals surface area contributed by atoms with E-state index in [1.807, 2.05) is 14.1 Å². The second-order valence-electron chi connectivity index (χ2n) is 5.55. The van der Waals surface area contributed by atoms with Crippen molar-refractivity contribution in [1.29, 1.82) is 0 Å². The first-order valence-electron chi connectivity index (χ1n) is 7.60. The number of nitrogens with zero attached hydrogens (tertiary/aromatic N) is 2. The predicted octanol–water partition coefficient (Wildman–Crippen LogP) is 3.52. The lowest BCUT2D eigenvalue weighted by Gasteiger charge is -2.34. The van der Waals surface area contributed by atoms with Crippen LogP contribution < -0.4 is 10.1 Å². The summed E-state index contributed by atoms with van der Waals surface area (Å²) in [4.78, 5) is 4.22. The van der Waals surface area contributed by atoms with Gasteiger partial charge in [-0.15, -0.1) is 0 Å². The highest BCUT2D eigenvalue weighted by molar-refractivity contribution is 7.80. The van der Waals surface area contributed by atoms with Crippen molar-refractivity contribution < 1.29 is 4.74 Å². The zero-order valence-electron chi connectivity index (χ0n) is 14.1. The molecular weight excluding hydrogens is 353 g/mol. The van der Waals surface area contributed by atoms with Crippen molar-refractivity contribution in [3.63, 3.8) is 0 Å². The van der Waals surface area contributed by atoms with Gasteiger partial charge in [0.2, 0.25) is 0 Å². The van der Waals surface area contributed by atoms with Gasteiger partial charge in [0.05, 0.1) is 6.54 Å². The number of hydrogen-bond donors (Lipinski definition) is 1. The highest BCUT2D eigenvalue weighted by Gasteiger charge is 2.16. The molecule has 0 aliphatic heterocycles. The van der Waals surface area contributed by atoms with Crippen LogP contribution in [0, 0.1) is 0 Å². The normalized spacial score (nSPS) is 10.7. The van der Waals surface area contributed by atoms with Crippen molar-refractivity contribution >= 4 is 40.5 Å². The van der Waals surface area contributed by atoms with E-state index in [0.29, 0.717) is 35.0 Å². The summed E-state index contributed by atoms with van der Waals surface area (Å²) in [6.07, 6.45) is 0. The maximum absolute atomic E-state index is 5.97. The molecule has 130 valence electrons. The fourth-order valence-corrected chi connectivity index (χ4v) is 2.94. The van der Waals surface area contributed by atoms with E-state index in [9.17, 15) is 0 Å². The molecule has 0 aliphatic rings. The van der Waals surface area contributed by atoms with Crippen LogP contribution in [0.25, 0.3) is 0 Å². The van der Waals surface area contributed by atoms with Gasteiger partial charge in [-0.2, -0.15) is 0 Å². The molecule has 0 bridgehead atoms. The summed E-state index contributed by atoms with van der Waals surface area (Å²) in [6, 6.07) is 5.49. The second-order valence-corrected chi connectivity index (χ2v) is 6.79. The zero-order valence-corrected chi connectivity index (χ0v) is 16.4. The minimum absolute atomic E-state index is 0.297. The number of rotatable bonds is 8. The third-order valence-electron chi connectivity index (χ3n) is 3.33. The van der Waals surface area contributed by atoms with Crippen LogP contribution in [0.4, 0.5) is 0 Å². The van der Waals surface area contributed by atoms with E-state index in [-0.39, 0.29) is 0 Å². The Hall–Kier alpha value is -0.750. The number of ether oxygens (including phenoxy) is 1. The van der Waals surface area contributed by atoms with E-state index in [1.165, 1.54) is 0 Å². The van der Waals surface area contributed by atoms with E-state index in [2.05, 4.69) is 29.0 Å². The minimum atomic E-state index is 0.297. The number of halogens is 2. The van der Waals surface area contributed by atoms with Gasteiger partial charge >= 0.3 is 0 Å². The monoisotopic (exact) mass is 377 g/mol. The zero-order chi connectivity index (χ0) is 17.4. The SMILES string of the molecule is CNCCN(C)C(=S)N(CCOc1cc(Cl)cc(Cl)c1)C(C)C. The van der Waals surface area contributed by atoms with Crippen LogP contribution in [0.3, 0.4) is 0 Å². The van der Waals surface area contributed by atoms with Crippen LogP contribution in [-0.4, -0.2) is 61.3 Å². The molecule has 0 aliphatic carbocycles. The number of likely N-dealkylation sites (N-methyl/N-ethyl adjacent to an activating group) is 2. The lowest BCUT2D eigenvalue weighted by Crippen LogP contribution is -2.47. The van der Waals surface area contributed by atoms with Gasteiger partial charge in [-0.1, -0.05) is 23.2 Å². The molecule has 0 unspecified atom stereocenters. The first-order valence-corrected chi connectivity index (χ1v) is 8.76. The largest absolute Gasteiger partial charge is 0.492 e. The summed E-state index contributed by atoms with van der Waals surface area (Å²) in [5.41, 5.74) is 0. The van der Waals surface area contributed by atoms with E-state index in [4.69, 9.17) is 40.2 Å². The Kier molecular flexibility index (Phi) is 8.99. The standard InChI is InChI=1S/C16H25Cl2N3OS/c1-12(2)21(16(23)20(4)6-5-19-3)7-8-22-15-10-13(17)9-14(18)11-15/h9-12,19H,5-8H2,1-4H3. The Bertz CT molecular complexity index is 494. The minimum Gasteiger partial charge on any atom is -0.492 e. The summed E-state index contributed by atoms with van der Waals surface area (Å²) in [6.45, 7) is 7.20. The number of nitrogens with one attached hydrogen (secondary N) is 1. The Morgan fingerprint density at radius 2 is 1.83 bits per heavy atom. The molecule has 0 atom stereocenters. The van der Waals surface area contributed by atoms with Gasteiger partial charge in [-0.25, -0.2) is 0 Å². The molecule has 7 heteroatoms. The second kappa shape index (κ2) is 10.2. The van der Waals surface area contributed by atoms with Crippen molar-refractivity contribution in [1.82, 2.24) is 15.1 Å². The van der Waals surface area contributed by atoms with Gasteiger partial charge in [0, 0.05) is 36.2 Å². The Balaban J connectivity index is 2.57. The molecule has 0 spiro atoms. The average molecular weight is 378 g/mol. The van der Waals surface area contributed by atoms with Gasteiger partial charge in [-0.05, 0) is 51.3 Å². The predicted molar refractivity (Wildman–Crippen MR) is 103 cm³/mol. The Morgan fingerprint density at radius 3 is 2.35 bits per heavy atom. The number of benzene rings is 1. The average Bonchev–Trinajstić information content (AvgIpc) is 2.47. The maximum Gasteiger partial charge on any atom is 0.171 e. The molecule has 0 heterocycles. The van der Waals surface area contributed by atoms with E-state index in [1.54, 1.807) is 18.2 Å². The first kappa shape index (κ1) is 20.3. The summed E-state index contributed by atoms with van der Waals surface area (Å²) in [5.74, 6) is 0.667. The highest BCUT2D eigenvalue weighted by atomic mass is 35.5. The molecule has 0 fully saturated rings. The quantitative estimate of drug-likeness (QED) is 0.699. The lowest BCUT2D eigenvalue weighted by molar-refractivity contribution is 0.233. The molecular formula is C16H25Cl2N3OS. The molecule has 0 amide bonds. The molecule has 4 nitrogen and oxygen atoms in total. The molecule has 1 aromatic rings. The van der Waals surface area contributed by atoms with Crippen LogP contribution in [0.15, 0.2) is 18.2 Å². The van der Waals surface area contributed by atoms with Gasteiger partial charge in [0.25, 0.3) is 0 Å². The van der Waals surface area contributed by atoms with Gasteiger partial charge < -0.3 is 19.9 Å². The van der Waals surface area contributed by atoms with Crippen LogP contribution in [0.2, 0.25) is 10.0 Å². The molecule has 0 saturated carbocycles. The van der Waals surface area contributed by atoms with Crippen LogP contribution in [0.5, 0.6) is 5.75 Å². The summed E-state index contributed by atoms with van der Waals surface area (Å²) >= 11 is 17.5. The smallest absolute Gasteiger partial charge is 0.171 e. The molecule has 0 radical (unpaired) electrons. The van der Waals surface area contributed by atoms with Gasteiger partial charge in [0.15, 0.2) is 5.11 Å². The van der Waals surface area contributed by atoms with E-state index >= 15 is 0 Å². The van der Waals surface area contributed by atoms with Gasteiger partial charge in [-0.3, -0.25) is 0 Å². The summed E-state index contributed by atoms with van der Waals surface area (Å²) in [5, 5.41) is 5.08. The molecule has 23 heavy (non-hydrogen) atoms. The Labute approximate surface area is 154 Å². The van der Waals surface area contributed by atoms with Crippen molar-refractivity contribution in [3.8, 4) is 5.75 Å². The summed E-state index contributed by atoms with van der Waals surface area (Å²) in [7, 11) is 3.94. The first-order chi connectivity index (χ1) is 10.8.